The van der Waals surface area contributed by atoms with Gasteiger partial charge in [0, 0.05) is 5.56 Å². The van der Waals surface area contributed by atoms with E-state index in [9.17, 15) is 9.59 Å². The number of benzene rings is 3. The van der Waals surface area contributed by atoms with Crippen molar-refractivity contribution < 1.29 is 19.1 Å². The molecule has 30 heavy (non-hydrogen) atoms. The van der Waals surface area contributed by atoms with Crippen LogP contribution in [0.2, 0.25) is 0 Å². The molecule has 1 aliphatic rings. The van der Waals surface area contributed by atoms with E-state index < -0.39 is 11.8 Å². The molecule has 150 valence electrons. The molecule has 0 bridgehead atoms. The van der Waals surface area contributed by atoms with Crippen LogP contribution in [0.4, 0.5) is 5.69 Å². The molecule has 1 fully saturated rings. The van der Waals surface area contributed by atoms with Crippen LogP contribution in [0.25, 0.3) is 16.8 Å². The third-order valence-corrected chi connectivity index (χ3v) is 5.16. The van der Waals surface area contributed by atoms with E-state index in [1.807, 2.05) is 36.4 Å². The minimum atomic E-state index is -0.551. The number of methoxy groups -OCH3 is 2. The summed E-state index contributed by atoms with van der Waals surface area (Å²) in [6, 6.07) is 18.3. The van der Waals surface area contributed by atoms with Crippen molar-refractivity contribution in [1.82, 2.24) is 5.32 Å². The van der Waals surface area contributed by atoms with Crippen molar-refractivity contribution >= 4 is 51.7 Å². The van der Waals surface area contributed by atoms with E-state index in [0.717, 1.165) is 10.8 Å². The predicted octanol–water partition coefficient (Wildman–Crippen LogP) is 3.69. The molecule has 1 N–H and O–H groups in total. The number of rotatable bonds is 4. The Morgan fingerprint density at radius 1 is 0.933 bits per heavy atom. The third kappa shape index (κ3) is 3.40. The van der Waals surface area contributed by atoms with E-state index in [-0.39, 0.29) is 10.7 Å². The lowest BCUT2D eigenvalue weighted by Gasteiger charge is -2.29. The van der Waals surface area contributed by atoms with Crippen LogP contribution in [-0.4, -0.2) is 31.1 Å². The van der Waals surface area contributed by atoms with E-state index in [1.165, 1.54) is 4.90 Å². The van der Waals surface area contributed by atoms with Crippen LogP contribution < -0.4 is 19.7 Å². The number of nitrogens with one attached hydrogen (secondary N) is 1. The van der Waals surface area contributed by atoms with Gasteiger partial charge in [0.25, 0.3) is 11.8 Å². The highest BCUT2D eigenvalue weighted by Gasteiger charge is 2.34. The minimum absolute atomic E-state index is 0.0252. The summed E-state index contributed by atoms with van der Waals surface area (Å²) in [5.74, 6) is 0.147. The molecule has 0 spiro atoms. The standard InChI is InChI=1S/C23H18N2O4S/c1-28-16-10-8-15(9-11-16)25-22(27)19(21(26)24-23(25)30)13-18-17-6-4-3-5-14(17)7-12-20(18)29-2/h3-13H,1-2H3,(H,24,26,30)/b19-13-. The van der Waals surface area contributed by atoms with Crippen molar-refractivity contribution in [2.45, 2.75) is 0 Å². The van der Waals surface area contributed by atoms with Crippen molar-refractivity contribution in [3.8, 4) is 11.5 Å². The number of carbonyl (C=O) groups is 2. The lowest BCUT2D eigenvalue weighted by Crippen LogP contribution is -2.54. The van der Waals surface area contributed by atoms with Gasteiger partial charge in [-0.2, -0.15) is 0 Å². The number of ether oxygens (including phenoxy) is 2. The molecule has 6 nitrogen and oxygen atoms in total. The van der Waals surface area contributed by atoms with E-state index in [1.54, 1.807) is 44.6 Å². The Morgan fingerprint density at radius 2 is 1.67 bits per heavy atom. The first-order valence-corrected chi connectivity index (χ1v) is 9.55. The molecule has 4 rings (SSSR count). The quantitative estimate of drug-likeness (QED) is 0.398. The second-order valence-electron chi connectivity index (χ2n) is 6.56. The number of amides is 2. The molecule has 3 aromatic carbocycles. The van der Waals surface area contributed by atoms with Crippen molar-refractivity contribution in [2.75, 3.05) is 19.1 Å². The summed E-state index contributed by atoms with van der Waals surface area (Å²) < 4.78 is 10.6. The number of anilines is 1. The zero-order valence-corrected chi connectivity index (χ0v) is 17.2. The maximum atomic E-state index is 13.3. The van der Waals surface area contributed by atoms with E-state index in [2.05, 4.69) is 5.32 Å². The summed E-state index contributed by atoms with van der Waals surface area (Å²) in [6.45, 7) is 0. The van der Waals surface area contributed by atoms with Gasteiger partial charge in [0.15, 0.2) is 5.11 Å². The Hall–Kier alpha value is -3.71. The second kappa shape index (κ2) is 7.96. The lowest BCUT2D eigenvalue weighted by atomic mass is 9.99. The van der Waals surface area contributed by atoms with Gasteiger partial charge in [-0.1, -0.05) is 30.3 Å². The largest absolute Gasteiger partial charge is 0.497 e. The lowest BCUT2D eigenvalue weighted by molar-refractivity contribution is -0.122. The Balaban J connectivity index is 1.83. The van der Waals surface area contributed by atoms with Crippen LogP contribution in [0.3, 0.4) is 0 Å². The normalized spacial score (nSPS) is 15.5. The van der Waals surface area contributed by atoms with Gasteiger partial charge in [0.05, 0.1) is 19.9 Å². The van der Waals surface area contributed by atoms with Gasteiger partial charge in [0.2, 0.25) is 0 Å². The molecule has 7 heteroatoms. The minimum Gasteiger partial charge on any atom is -0.497 e. The Labute approximate surface area is 178 Å². The zero-order valence-electron chi connectivity index (χ0n) is 16.3. The van der Waals surface area contributed by atoms with Gasteiger partial charge < -0.3 is 9.47 Å². The number of fused-ring (bicyclic) bond motifs is 1. The number of carbonyl (C=O) groups excluding carboxylic acids is 2. The summed E-state index contributed by atoms with van der Waals surface area (Å²) >= 11 is 5.26. The van der Waals surface area contributed by atoms with Crippen LogP contribution in [0.1, 0.15) is 5.56 Å². The van der Waals surface area contributed by atoms with Gasteiger partial charge >= 0.3 is 0 Å². The summed E-state index contributed by atoms with van der Waals surface area (Å²) in [5, 5.41) is 4.46. The molecule has 0 aliphatic carbocycles. The molecular formula is C23H18N2O4S. The van der Waals surface area contributed by atoms with E-state index >= 15 is 0 Å². The summed E-state index contributed by atoms with van der Waals surface area (Å²) in [7, 11) is 3.11. The molecule has 0 saturated carbocycles. The fourth-order valence-corrected chi connectivity index (χ4v) is 3.65. The molecular weight excluding hydrogens is 400 g/mol. The Morgan fingerprint density at radius 3 is 2.37 bits per heavy atom. The van der Waals surface area contributed by atoms with Gasteiger partial charge in [-0.05, 0) is 59.4 Å². The molecule has 0 unspecified atom stereocenters. The van der Waals surface area contributed by atoms with Crippen LogP contribution in [0.5, 0.6) is 11.5 Å². The monoisotopic (exact) mass is 418 g/mol. The summed E-state index contributed by atoms with van der Waals surface area (Å²) in [4.78, 5) is 27.2. The van der Waals surface area contributed by atoms with E-state index in [0.29, 0.717) is 22.7 Å². The topological polar surface area (TPSA) is 67.9 Å². The number of thiocarbonyl (C=S) groups is 1. The van der Waals surface area contributed by atoms with Crippen LogP contribution in [0, 0.1) is 0 Å². The van der Waals surface area contributed by atoms with Crippen molar-refractivity contribution in [3.05, 3.63) is 71.8 Å². The fourth-order valence-electron chi connectivity index (χ4n) is 3.37. The maximum absolute atomic E-state index is 13.3. The van der Waals surface area contributed by atoms with Gasteiger partial charge in [-0.15, -0.1) is 0 Å². The number of nitrogens with zero attached hydrogens (tertiary/aromatic N) is 1. The molecule has 0 aromatic heterocycles. The second-order valence-corrected chi connectivity index (χ2v) is 6.95. The molecule has 2 amide bonds. The highest BCUT2D eigenvalue weighted by Crippen LogP contribution is 2.31. The highest BCUT2D eigenvalue weighted by molar-refractivity contribution is 7.80. The summed E-state index contributed by atoms with van der Waals surface area (Å²) in [6.07, 6.45) is 1.55. The van der Waals surface area contributed by atoms with Crippen LogP contribution in [-0.2, 0) is 9.59 Å². The Kier molecular flexibility index (Phi) is 5.20. The number of hydrogen-bond acceptors (Lipinski definition) is 5. The molecule has 3 aromatic rings. The van der Waals surface area contributed by atoms with Crippen molar-refractivity contribution in [2.24, 2.45) is 0 Å². The first kappa shape index (κ1) is 19.6. The van der Waals surface area contributed by atoms with Crippen molar-refractivity contribution in [3.63, 3.8) is 0 Å². The fraction of sp³-hybridized carbons (Fsp3) is 0.0870. The Bertz CT molecular complexity index is 1200. The van der Waals surface area contributed by atoms with Crippen molar-refractivity contribution in [1.29, 1.82) is 0 Å². The smallest absolute Gasteiger partial charge is 0.270 e. The number of hydrogen-bond donors (Lipinski definition) is 1. The zero-order chi connectivity index (χ0) is 21.3. The van der Waals surface area contributed by atoms with Gasteiger partial charge in [0.1, 0.15) is 17.1 Å². The molecule has 0 radical (unpaired) electrons. The SMILES string of the molecule is COc1ccc(N2C(=O)/C(=C\c3c(OC)ccc4ccccc34)C(=O)NC2=S)cc1. The van der Waals surface area contributed by atoms with Gasteiger partial charge in [-0.3, -0.25) is 19.8 Å². The van der Waals surface area contributed by atoms with E-state index in [4.69, 9.17) is 21.7 Å². The first-order valence-electron chi connectivity index (χ1n) is 9.14. The first-order chi connectivity index (χ1) is 14.5. The molecule has 1 heterocycles. The molecule has 1 aliphatic heterocycles. The molecule has 0 atom stereocenters. The average molecular weight is 418 g/mol. The highest BCUT2D eigenvalue weighted by atomic mass is 32.1. The summed E-state index contributed by atoms with van der Waals surface area (Å²) in [5.41, 5.74) is 1.15. The maximum Gasteiger partial charge on any atom is 0.270 e. The average Bonchev–Trinajstić information content (AvgIpc) is 2.76. The molecule has 1 saturated heterocycles. The van der Waals surface area contributed by atoms with Gasteiger partial charge in [-0.25, -0.2) is 0 Å². The van der Waals surface area contributed by atoms with Crippen LogP contribution in [0.15, 0.2) is 66.2 Å². The predicted molar refractivity (Wildman–Crippen MR) is 120 cm³/mol. The van der Waals surface area contributed by atoms with Crippen LogP contribution >= 0.6 is 12.2 Å². The third-order valence-electron chi connectivity index (χ3n) is 4.87.